The first-order valence-electron chi connectivity index (χ1n) is 5.65. The van der Waals surface area contributed by atoms with Gasteiger partial charge in [-0.3, -0.25) is 4.98 Å². The molecule has 3 rings (SSSR count). The third-order valence-corrected chi connectivity index (χ3v) is 3.84. The molecule has 0 saturated carbocycles. The molecule has 0 N–H and O–H groups in total. The van der Waals surface area contributed by atoms with Gasteiger partial charge < -0.3 is 4.74 Å². The molecule has 1 saturated heterocycles. The van der Waals surface area contributed by atoms with Crippen molar-refractivity contribution in [2.75, 3.05) is 13.2 Å². The third-order valence-electron chi connectivity index (χ3n) is 2.99. The number of nitriles is 1. The molecular formula is C13H11N3OS. The van der Waals surface area contributed by atoms with Gasteiger partial charge in [0.1, 0.15) is 5.41 Å². The number of rotatable bonds is 3. The minimum atomic E-state index is -0.357. The zero-order chi connectivity index (χ0) is 12.4. The van der Waals surface area contributed by atoms with Crippen LogP contribution < -0.4 is 0 Å². The van der Waals surface area contributed by atoms with Crippen molar-refractivity contribution in [2.24, 2.45) is 5.41 Å². The van der Waals surface area contributed by atoms with E-state index in [-0.39, 0.29) is 5.41 Å². The summed E-state index contributed by atoms with van der Waals surface area (Å²) in [6.45, 7) is 1.04. The van der Waals surface area contributed by atoms with Gasteiger partial charge in [-0.1, -0.05) is 0 Å². The molecule has 0 spiro atoms. The molecule has 0 aliphatic carbocycles. The van der Waals surface area contributed by atoms with Crippen LogP contribution in [0.15, 0.2) is 29.9 Å². The minimum Gasteiger partial charge on any atom is -0.378 e. The predicted octanol–water partition coefficient (Wildman–Crippen LogP) is 2.29. The number of hydrogen-bond donors (Lipinski definition) is 0. The fourth-order valence-electron chi connectivity index (χ4n) is 1.88. The molecule has 1 aliphatic rings. The topological polar surface area (TPSA) is 58.8 Å². The van der Waals surface area contributed by atoms with E-state index in [9.17, 15) is 0 Å². The lowest BCUT2D eigenvalue weighted by molar-refractivity contribution is -0.0765. The molecule has 0 bridgehead atoms. The fourth-order valence-corrected chi connectivity index (χ4v) is 2.83. The highest BCUT2D eigenvalue weighted by molar-refractivity contribution is 7.09. The number of thiazole rings is 1. The Kier molecular flexibility index (Phi) is 2.82. The maximum Gasteiger partial charge on any atom is 0.110 e. The maximum absolute atomic E-state index is 9.16. The van der Waals surface area contributed by atoms with Gasteiger partial charge in [-0.05, 0) is 12.1 Å². The molecular weight excluding hydrogens is 246 g/mol. The summed E-state index contributed by atoms with van der Waals surface area (Å²) in [6, 6.07) is 6.22. The maximum atomic E-state index is 9.16. The highest BCUT2D eigenvalue weighted by Gasteiger charge is 2.39. The van der Waals surface area contributed by atoms with Crippen molar-refractivity contribution in [2.45, 2.75) is 6.42 Å². The van der Waals surface area contributed by atoms with Gasteiger partial charge in [0.15, 0.2) is 0 Å². The highest BCUT2D eigenvalue weighted by atomic mass is 32.1. The van der Waals surface area contributed by atoms with Crippen molar-refractivity contribution < 1.29 is 4.74 Å². The molecule has 0 radical (unpaired) electrons. The van der Waals surface area contributed by atoms with Crippen LogP contribution in [0, 0.1) is 16.7 Å². The first-order valence-corrected chi connectivity index (χ1v) is 6.53. The zero-order valence-electron chi connectivity index (χ0n) is 9.67. The van der Waals surface area contributed by atoms with Gasteiger partial charge in [0.25, 0.3) is 0 Å². The van der Waals surface area contributed by atoms with Gasteiger partial charge in [-0.25, -0.2) is 4.98 Å². The Hall–Kier alpha value is -1.77. The van der Waals surface area contributed by atoms with Crippen LogP contribution in [0.2, 0.25) is 0 Å². The summed E-state index contributed by atoms with van der Waals surface area (Å²) in [5.41, 5.74) is 1.58. The van der Waals surface area contributed by atoms with E-state index in [0.29, 0.717) is 19.6 Å². The average molecular weight is 257 g/mol. The van der Waals surface area contributed by atoms with Crippen LogP contribution in [-0.2, 0) is 11.2 Å². The standard InChI is InChI=1S/C13H11N3OS/c14-7-13(8-17-9-13)4-12-16-11(6-18-12)10-2-1-3-15-5-10/h1-3,5-6H,4,8-9H2. The van der Waals surface area contributed by atoms with Crippen molar-refractivity contribution in [1.82, 2.24) is 9.97 Å². The van der Waals surface area contributed by atoms with Gasteiger partial charge in [0.05, 0.1) is 30.0 Å². The number of aromatic nitrogens is 2. The second kappa shape index (κ2) is 4.48. The first-order chi connectivity index (χ1) is 8.81. The van der Waals surface area contributed by atoms with E-state index in [4.69, 9.17) is 10.00 Å². The van der Waals surface area contributed by atoms with E-state index >= 15 is 0 Å². The summed E-state index contributed by atoms with van der Waals surface area (Å²) in [4.78, 5) is 8.65. The number of hydrogen-bond acceptors (Lipinski definition) is 5. The monoisotopic (exact) mass is 257 g/mol. The summed E-state index contributed by atoms with van der Waals surface area (Å²) in [6.07, 6.45) is 4.22. The van der Waals surface area contributed by atoms with Crippen LogP contribution >= 0.6 is 11.3 Å². The SMILES string of the molecule is N#CC1(Cc2nc(-c3cccnc3)cs2)COC1. The zero-order valence-corrected chi connectivity index (χ0v) is 10.5. The third kappa shape index (κ3) is 2.01. The Labute approximate surface area is 109 Å². The Morgan fingerprint density at radius 1 is 1.50 bits per heavy atom. The molecule has 90 valence electrons. The largest absolute Gasteiger partial charge is 0.378 e. The Bertz CT molecular complexity index is 584. The summed E-state index contributed by atoms with van der Waals surface area (Å²) in [5, 5.41) is 12.2. The van der Waals surface area contributed by atoms with E-state index in [0.717, 1.165) is 16.3 Å². The minimum absolute atomic E-state index is 0.357. The van der Waals surface area contributed by atoms with E-state index in [1.807, 2.05) is 17.5 Å². The molecule has 2 aromatic heterocycles. The van der Waals surface area contributed by atoms with Crippen LogP contribution in [0.4, 0.5) is 0 Å². The van der Waals surface area contributed by atoms with Crippen molar-refractivity contribution in [3.63, 3.8) is 0 Å². The number of pyridine rings is 1. The molecule has 3 heterocycles. The number of ether oxygens (including phenoxy) is 1. The highest BCUT2D eigenvalue weighted by Crippen LogP contribution is 2.33. The first kappa shape index (κ1) is 11.3. The summed E-state index contributed by atoms with van der Waals surface area (Å²) < 4.78 is 5.14. The van der Waals surface area contributed by atoms with Crippen LogP contribution in [0.25, 0.3) is 11.3 Å². The normalized spacial score (nSPS) is 16.8. The van der Waals surface area contributed by atoms with Gasteiger partial charge in [-0.15, -0.1) is 11.3 Å². The lowest BCUT2D eigenvalue weighted by Gasteiger charge is -2.34. The molecule has 0 amide bonds. The molecule has 4 nitrogen and oxygen atoms in total. The van der Waals surface area contributed by atoms with Gasteiger partial charge in [-0.2, -0.15) is 5.26 Å². The van der Waals surface area contributed by atoms with E-state index in [2.05, 4.69) is 16.0 Å². The summed E-state index contributed by atoms with van der Waals surface area (Å²) >= 11 is 1.59. The Morgan fingerprint density at radius 3 is 3.00 bits per heavy atom. The molecule has 5 heteroatoms. The lowest BCUT2D eigenvalue weighted by atomic mass is 9.84. The lowest BCUT2D eigenvalue weighted by Crippen LogP contribution is -2.43. The summed E-state index contributed by atoms with van der Waals surface area (Å²) in [5.74, 6) is 0. The summed E-state index contributed by atoms with van der Waals surface area (Å²) in [7, 11) is 0. The fraction of sp³-hybridized carbons (Fsp3) is 0.308. The van der Waals surface area contributed by atoms with Gasteiger partial charge in [0, 0.05) is 29.8 Å². The molecule has 1 aliphatic heterocycles. The van der Waals surface area contributed by atoms with Gasteiger partial charge in [0.2, 0.25) is 0 Å². The predicted molar refractivity (Wildman–Crippen MR) is 67.9 cm³/mol. The van der Waals surface area contributed by atoms with E-state index in [1.165, 1.54) is 0 Å². The van der Waals surface area contributed by atoms with E-state index in [1.54, 1.807) is 23.7 Å². The van der Waals surface area contributed by atoms with Crippen molar-refractivity contribution >= 4 is 11.3 Å². The second-order valence-corrected chi connectivity index (χ2v) is 5.37. The smallest absolute Gasteiger partial charge is 0.110 e. The van der Waals surface area contributed by atoms with Crippen LogP contribution in [-0.4, -0.2) is 23.2 Å². The van der Waals surface area contributed by atoms with Crippen molar-refractivity contribution in [3.8, 4) is 17.3 Å². The quantitative estimate of drug-likeness (QED) is 0.846. The Morgan fingerprint density at radius 2 is 2.39 bits per heavy atom. The molecule has 0 aromatic carbocycles. The number of nitrogens with zero attached hydrogens (tertiary/aromatic N) is 3. The molecule has 1 fully saturated rings. The van der Waals surface area contributed by atoms with Crippen molar-refractivity contribution in [1.29, 1.82) is 5.26 Å². The average Bonchev–Trinajstić information content (AvgIpc) is 2.83. The van der Waals surface area contributed by atoms with Crippen LogP contribution in [0.1, 0.15) is 5.01 Å². The molecule has 2 aromatic rings. The second-order valence-electron chi connectivity index (χ2n) is 4.43. The van der Waals surface area contributed by atoms with Crippen LogP contribution in [0.3, 0.4) is 0 Å². The molecule has 0 unspecified atom stereocenters. The molecule has 0 atom stereocenters. The van der Waals surface area contributed by atoms with E-state index < -0.39 is 0 Å². The van der Waals surface area contributed by atoms with Crippen molar-refractivity contribution in [3.05, 3.63) is 34.9 Å². The Balaban J connectivity index is 1.80. The van der Waals surface area contributed by atoms with Gasteiger partial charge >= 0.3 is 0 Å². The van der Waals surface area contributed by atoms with Crippen LogP contribution in [0.5, 0.6) is 0 Å². The molecule has 18 heavy (non-hydrogen) atoms.